The van der Waals surface area contributed by atoms with E-state index in [1.54, 1.807) is 6.08 Å². The van der Waals surface area contributed by atoms with E-state index in [0.717, 1.165) is 18.0 Å². The number of aliphatic hydroxyl groups excluding tert-OH is 1. The fourth-order valence-electron chi connectivity index (χ4n) is 3.33. The highest BCUT2D eigenvalue weighted by atomic mass is 28.4. The first-order chi connectivity index (χ1) is 9.95. The van der Waals surface area contributed by atoms with Gasteiger partial charge in [0.05, 0.1) is 25.3 Å². The van der Waals surface area contributed by atoms with Crippen molar-refractivity contribution in [3.05, 3.63) is 11.6 Å². The topological polar surface area (TPSA) is 70.0 Å². The molecule has 0 aromatic rings. The first kappa shape index (κ1) is 19.2. The van der Waals surface area contributed by atoms with Crippen molar-refractivity contribution in [3.63, 3.8) is 0 Å². The summed E-state index contributed by atoms with van der Waals surface area (Å²) < 4.78 is 6.20. The highest BCUT2D eigenvalue weighted by Gasteiger charge is 2.35. The number of rotatable bonds is 5. The monoisotopic (exact) mass is 329 g/mol. The van der Waals surface area contributed by atoms with E-state index in [2.05, 4.69) is 33.9 Å². The normalized spacial score (nSPS) is 23.4. The van der Waals surface area contributed by atoms with Gasteiger partial charge in [0.15, 0.2) is 8.32 Å². The third kappa shape index (κ3) is 5.74. The molecule has 2 atom stereocenters. The first-order valence-electron chi connectivity index (χ1n) is 7.97. The molecular weight excluding hydrogens is 298 g/mol. The van der Waals surface area contributed by atoms with E-state index in [4.69, 9.17) is 4.43 Å². The van der Waals surface area contributed by atoms with Gasteiger partial charge in [0.1, 0.15) is 0 Å². The van der Waals surface area contributed by atoms with Crippen LogP contribution in [-0.2, 0) is 4.43 Å². The predicted octanol–water partition coefficient (Wildman–Crippen LogP) is 3.31. The number of amides is 1. The molecule has 0 fully saturated rings. The Morgan fingerprint density at radius 1 is 1.45 bits per heavy atom. The number of carbonyl (C=O) groups is 1. The second kappa shape index (κ2) is 7.15. The van der Waals surface area contributed by atoms with Crippen molar-refractivity contribution in [2.75, 3.05) is 13.2 Å². The summed E-state index contributed by atoms with van der Waals surface area (Å²) in [6.45, 7) is 13.4. The lowest BCUT2D eigenvalue weighted by Gasteiger charge is -2.39. The smallest absolute Gasteiger partial charge is 0.407 e. The molecule has 0 aromatic heterocycles. The molecular formula is C16H31NO4Si. The van der Waals surface area contributed by atoms with Crippen molar-refractivity contribution < 1.29 is 19.4 Å². The molecule has 1 aliphatic heterocycles. The van der Waals surface area contributed by atoms with Crippen LogP contribution in [0.1, 0.15) is 34.1 Å². The van der Waals surface area contributed by atoms with Crippen molar-refractivity contribution in [3.8, 4) is 0 Å². The van der Waals surface area contributed by atoms with Gasteiger partial charge in [0, 0.05) is 0 Å². The van der Waals surface area contributed by atoms with E-state index in [0.29, 0.717) is 6.61 Å². The third-order valence-electron chi connectivity index (χ3n) is 3.84. The van der Waals surface area contributed by atoms with Crippen LogP contribution in [-0.4, -0.2) is 54.8 Å². The van der Waals surface area contributed by atoms with Crippen LogP contribution in [0.25, 0.3) is 0 Å². The summed E-state index contributed by atoms with van der Waals surface area (Å²) >= 11 is 0. The van der Waals surface area contributed by atoms with Crippen molar-refractivity contribution in [1.29, 1.82) is 0 Å². The van der Waals surface area contributed by atoms with Gasteiger partial charge >= 0.3 is 6.09 Å². The molecule has 0 aromatic carbocycles. The zero-order valence-corrected chi connectivity index (χ0v) is 15.7. The van der Waals surface area contributed by atoms with Crippen molar-refractivity contribution in [2.24, 2.45) is 5.41 Å². The van der Waals surface area contributed by atoms with Crippen LogP contribution in [0, 0.1) is 5.41 Å². The molecule has 5 nitrogen and oxygen atoms in total. The van der Waals surface area contributed by atoms with Crippen molar-refractivity contribution in [2.45, 2.75) is 65.4 Å². The third-order valence-corrected chi connectivity index (χ3v) is 6.70. The van der Waals surface area contributed by atoms with Crippen LogP contribution >= 0.6 is 0 Å². The van der Waals surface area contributed by atoms with Crippen molar-refractivity contribution >= 4 is 14.4 Å². The number of β-amino-alcohol motifs (C(OH)–C–C–N with tert-alkyl or cyclic N) is 1. The Bertz CT molecular complexity index is 428. The molecule has 6 heteroatoms. The fourth-order valence-corrected chi connectivity index (χ4v) is 6.60. The number of nitrogens with zero attached hydrogens (tertiary/aromatic N) is 1. The summed E-state index contributed by atoms with van der Waals surface area (Å²) in [4.78, 5) is 12.8. The minimum Gasteiger partial charge on any atom is -0.465 e. The zero-order chi connectivity index (χ0) is 17.1. The Kier molecular flexibility index (Phi) is 6.24. The highest BCUT2D eigenvalue weighted by Crippen LogP contribution is 2.29. The van der Waals surface area contributed by atoms with Gasteiger partial charge in [-0.25, -0.2) is 4.79 Å². The number of hydrogen-bond acceptors (Lipinski definition) is 3. The Hall–Kier alpha value is -0.853. The molecule has 0 aliphatic carbocycles. The van der Waals surface area contributed by atoms with Gasteiger partial charge in [0.2, 0.25) is 0 Å². The number of carboxylic acid groups (broad SMARTS) is 1. The second-order valence-corrected chi connectivity index (χ2v) is 12.1. The Balaban J connectivity index is 2.83. The van der Waals surface area contributed by atoms with Crippen LogP contribution in [0.15, 0.2) is 11.6 Å². The maximum atomic E-state index is 11.5. The van der Waals surface area contributed by atoms with Crippen LogP contribution in [0.2, 0.25) is 19.1 Å². The number of hydrogen-bond donors (Lipinski definition) is 2. The van der Waals surface area contributed by atoms with Crippen LogP contribution in [0.5, 0.6) is 0 Å². The zero-order valence-electron chi connectivity index (χ0n) is 14.7. The summed E-state index contributed by atoms with van der Waals surface area (Å²) in [7, 11) is -1.86. The summed E-state index contributed by atoms with van der Waals surface area (Å²) in [5.41, 5.74) is 1.15. The van der Waals surface area contributed by atoms with Crippen LogP contribution in [0.4, 0.5) is 4.79 Å². The summed E-state index contributed by atoms with van der Waals surface area (Å²) in [5, 5.41) is 19.2. The Morgan fingerprint density at radius 2 is 2.05 bits per heavy atom. The van der Waals surface area contributed by atoms with E-state index in [-0.39, 0.29) is 18.0 Å². The van der Waals surface area contributed by atoms with E-state index < -0.39 is 20.5 Å². The minimum atomic E-state index is -1.86. The van der Waals surface area contributed by atoms with Gasteiger partial charge in [-0.05, 0) is 36.5 Å². The summed E-state index contributed by atoms with van der Waals surface area (Å²) in [5.74, 6) is 0. The maximum Gasteiger partial charge on any atom is 0.407 e. The molecule has 0 saturated heterocycles. The van der Waals surface area contributed by atoms with E-state index >= 15 is 0 Å². The predicted molar refractivity (Wildman–Crippen MR) is 90.6 cm³/mol. The highest BCUT2D eigenvalue weighted by molar-refractivity contribution is 6.71. The number of aliphatic hydroxyl groups is 1. The molecule has 0 spiro atoms. The quantitative estimate of drug-likeness (QED) is 0.600. The molecule has 2 unspecified atom stereocenters. The van der Waals surface area contributed by atoms with Gasteiger partial charge in [-0.1, -0.05) is 33.8 Å². The standard InChI is InChI=1S/C16H31NO4Si/c1-7-12-8-13(18)9-17(15(19)20)14(12)10-21-22(5,6)11-16(2,3)4/h8,13-14,18H,7,9-11H2,1-6H3,(H,19,20). The Morgan fingerprint density at radius 3 is 2.50 bits per heavy atom. The average molecular weight is 330 g/mol. The second-order valence-electron chi connectivity index (χ2n) is 7.92. The van der Waals surface area contributed by atoms with Gasteiger partial charge in [0.25, 0.3) is 0 Å². The van der Waals surface area contributed by atoms with E-state index in [9.17, 15) is 15.0 Å². The lowest BCUT2D eigenvalue weighted by molar-refractivity contribution is 0.0727. The molecule has 1 amide bonds. The lowest BCUT2D eigenvalue weighted by atomic mass is 9.97. The molecule has 2 N–H and O–H groups in total. The summed E-state index contributed by atoms with van der Waals surface area (Å²) in [6, 6.07) is 0.741. The van der Waals surface area contributed by atoms with E-state index in [1.165, 1.54) is 4.90 Å². The molecule has 0 saturated carbocycles. The molecule has 1 rings (SSSR count). The first-order valence-corrected chi connectivity index (χ1v) is 11.1. The van der Waals surface area contributed by atoms with Gasteiger partial charge in [-0.2, -0.15) is 0 Å². The molecule has 128 valence electrons. The molecule has 1 aliphatic rings. The fraction of sp³-hybridized carbons (Fsp3) is 0.812. The minimum absolute atomic E-state index is 0.119. The SMILES string of the molecule is CCC1=CC(O)CN(C(=O)O)C1CO[Si](C)(C)CC(C)(C)C. The summed E-state index contributed by atoms with van der Waals surface area (Å²) in [6.07, 6.45) is 0.783. The van der Waals surface area contributed by atoms with Crippen LogP contribution < -0.4 is 0 Å². The average Bonchev–Trinajstić information content (AvgIpc) is 2.33. The van der Waals surface area contributed by atoms with Gasteiger partial charge in [-0.3, -0.25) is 4.90 Å². The molecule has 22 heavy (non-hydrogen) atoms. The van der Waals surface area contributed by atoms with Crippen molar-refractivity contribution in [1.82, 2.24) is 4.90 Å². The Labute approximate surface area is 135 Å². The van der Waals surface area contributed by atoms with Gasteiger partial charge in [-0.15, -0.1) is 0 Å². The molecule has 0 radical (unpaired) electrons. The lowest BCUT2D eigenvalue weighted by Crippen LogP contribution is -2.51. The largest absolute Gasteiger partial charge is 0.465 e. The van der Waals surface area contributed by atoms with Gasteiger partial charge < -0.3 is 14.6 Å². The van der Waals surface area contributed by atoms with Crippen LogP contribution in [0.3, 0.4) is 0 Å². The molecule has 0 bridgehead atoms. The molecule has 1 heterocycles. The maximum absolute atomic E-state index is 11.5. The van der Waals surface area contributed by atoms with E-state index in [1.807, 2.05) is 6.92 Å².